The molecule has 0 radical (unpaired) electrons. The number of hydrogen-bond acceptors (Lipinski definition) is 1. The lowest BCUT2D eigenvalue weighted by atomic mass is 10.0. The van der Waals surface area contributed by atoms with Gasteiger partial charge in [0.25, 0.3) is 5.91 Å². The number of aryl methyl sites for hydroxylation is 1. The Morgan fingerprint density at radius 1 is 1.15 bits per heavy atom. The second kappa shape index (κ2) is 5.87. The zero-order valence-electron chi connectivity index (χ0n) is 11.9. The molecule has 0 unspecified atom stereocenters. The summed E-state index contributed by atoms with van der Waals surface area (Å²) in [7, 11) is 0. The van der Waals surface area contributed by atoms with Crippen LogP contribution in [0.1, 0.15) is 41.3 Å². The number of halogens is 1. The van der Waals surface area contributed by atoms with Gasteiger partial charge < -0.3 is 5.32 Å². The second-order valence-corrected chi connectivity index (χ2v) is 5.16. The van der Waals surface area contributed by atoms with Crippen molar-refractivity contribution in [1.82, 2.24) is 0 Å². The van der Waals surface area contributed by atoms with Crippen LogP contribution >= 0.6 is 0 Å². The predicted molar refractivity (Wildman–Crippen MR) is 79.6 cm³/mol. The SMILES string of the molecule is Cc1ccc(C(=O)Nc2ccccc2C(C)C)cc1F. The minimum atomic E-state index is -0.366. The molecular weight excluding hydrogens is 253 g/mol. The number of carbonyl (C=O) groups excluding carboxylic acids is 1. The van der Waals surface area contributed by atoms with Gasteiger partial charge in [-0.15, -0.1) is 0 Å². The van der Waals surface area contributed by atoms with E-state index in [1.807, 2.05) is 24.3 Å². The molecule has 0 saturated heterocycles. The van der Waals surface area contributed by atoms with E-state index in [-0.39, 0.29) is 11.7 Å². The first kappa shape index (κ1) is 14.3. The third-order valence-electron chi connectivity index (χ3n) is 3.27. The van der Waals surface area contributed by atoms with Gasteiger partial charge in [-0.1, -0.05) is 38.1 Å². The maximum atomic E-state index is 13.5. The molecule has 2 nitrogen and oxygen atoms in total. The molecule has 0 aliphatic rings. The Morgan fingerprint density at radius 2 is 1.85 bits per heavy atom. The summed E-state index contributed by atoms with van der Waals surface area (Å²) in [6.45, 7) is 5.80. The van der Waals surface area contributed by atoms with E-state index in [1.165, 1.54) is 6.07 Å². The maximum Gasteiger partial charge on any atom is 0.255 e. The minimum absolute atomic E-state index is 0.294. The first-order valence-corrected chi connectivity index (χ1v) is 6.65. The van der Waals surface area contributed by atoms with Crippen LogP contribution in [0.2, 0.25) is 0 Å². The molecule has 2 rings (SSSR count). The number of anilines is 1. The summed E-state index contributed by atoms with van der Waals surface area (Å²) in [5, 5.41) is 2.85. The van der Waals surface area contributed by atoms with E-state index >= 15 is 0 Å². The fourth-order valence-corrected chi connectivity index (χ4v) is 2.04. The molecule has 104 valence electrons. The summed E-state index contributed by atoms with van der Waals surface area (Å²) >= 11 is 0. The summed E-state index contributed by atoms with van der Waals surface area (Å²) in [6, 6.07) is 12.2. The number of benzene rings is 2. The van der Waals surface area contributed by atoms with Crippen molar-refractivity contribution in [3.63, 3.8) is 0 Å². The molecule has 0 saturated carbocycles. The van der Waals surface area contributed by atoms with E-state index in [2.05, 4.69) is 19.2 Å². The maximum absolute atomic E-state index is 13.5. The molecule has 3 heteroatoms. The van der Waals surface area contributed by atoms with E-state index < -0.39 is 0 Å². The Hall–Kier alpha value is -2.16. The van der Waals surface area contributed by atoms with Crippen LogP contribution < -0.4 is 5.32 Å². The van der Waals surface area contributed by atoms with E-state index in [0.29, 0.717) is 17.0 Å². The lowest BCUT2D eigenvalue weighted by Gasteiger charge is -2.13. The van der Waals surface area contributed by atoms with Gasteiger partial charge in [-0.25, -0.2) is 4.39 Å². The van der Waals surface area contributed by atoms with Gasteiger partial charge in [-0.3, -0.25) is 4.79 Å². The fraction of sp³-hybridized carbons (Fsp3) is 0.235. The van der Waals surface area contributed by atoms with Gasteiger partial charge in [0, 0.05) is 11.3 Å². The Morgan fingerprint density at radius 3 is 2.50 bits per heavy atom. The zero-order chi connectivity index (χ0) is 14.7. The minimum Gasteiger partial charge on any atom is -0.322 e. The molecule has 0 aliphatic heterocycles. The molecule has 0 heterocycles. The number of rotatable bonds is 3. The Kier molecular flexibility index (Phi) is 4.18. The van der Waals surface area contributed by atoms with Gasteiger partial charge >= 0.3 is 0 Å². The van der Waals surface area contributed by atoms with Gasteiger partial charge in [0.15, 0.2) is 0 Å². The van der Waals surface area contributed by atoms with E-state index in [4.69, 9.17) is 0 Å². The number of carbonyl (C=O) groups is 1. The van der Waals surface area contributed by atoms with Crippen LogP contribution in [0.25, 0.3) is 0 Å². The second-order valence-electron chi connectivity index (χ2n) is 5.16. The normalized spacial score (nSPS) is 10.7. The van der Waals surface area contributed by atoms with Gasteiger partial charge in [0.2, 0.25) is 0 Å². The fourth-order valence-electron chi connectivity index (χ4n) is 2.04. The molecule has 0 aliphatic carbocycles. The average molecular weight is 271 g/mol. The van der Waals surface area contributed by atoms with Crippen LogP contribution in [0.5, 0.6) is 0 Å². The third-order valence-corrected chi connectivity index (χ3v) is 3.27. The van der Waals surface area contributed by atoms with Crippen molar-refractivity contribution in [2.45, 2.75) is 26.7 Å². The molecule has 1 amide bonds. The summed E-state index contributed by atoms with van der Waals surface area (Å²) < 4.78 is 13.5. The Balaban J connectivity index is 2.26. The quantitative estimate of drug-likeness (QED) is 0.874. The van der Waals surface area contributed by atoms with Crippen molar-refractivity contribution in [3.05, 3.63) is 65.0 Å². The van der Waals surface area contributed by atoms with E-state index in [9.17, 15) is 9.18 Å². The van der Waals surface area contributed by atoms with E-state index in [1.54, 1.807) is 19.1 Å². The first-order chi connectivity index (χ1) is 9.49. The van der Waals surface area contributed by atoms with Crippen LogP contribution in [0.15, 0.2) is 42.5 Å². The molecule has 1 N–H and O–H groups in total. The number of para-hydroxylation sites is 1. The summed E-state index contributed by atoms with van der Waals surface area (Å²) in [4.78, 5) is 12.2. The smallest absolute Gasteiger partial charge is 0.255 e. The molecule has 0 aromatic heterocycles. The summed E-state index contributed by atoms with van der Waals surface area (Å²) in [5.41, 5.74) is 2.69. The van der Waals surface area contributed by atoms with Crippen molar-refractivity contribution >= 4 is 11.6 Å². The third kappa shape index (κ3) is 3.05. The number of hydrogen-bond donors (Lipinski definition) is 1. The molecule has 2 aromatic carbocycles. The van der Waals surface area contributed by atoms with Crippen molar-refractivity contribution in [2.75, 3.05) is 5.32 Å². The molecule has 20 heavy (non-hydrogen) atoms. The van der Waals surface area contributed by atoms with Gasteiger partial charge in [-0.05, 0) is 42.2 Å². The summed E-state index contributed by atoms with van der Waals surface area (Å²) in [6.07, 6.45) is 0. The highest BCUT2D eigenvalue weighted by Crippen LogP contribution is 2.24. The van der Waals surface area contributed by atoms with Gasteiger partial charge in [-0.2, -0.15) is 0 Å². The largest absolute Gasteiger partial charge is 0.322 e. The molecule has 0 fully saturated rings. The van der Waals surface area contributed by atoms with Crippen LogP contribution in [-0.4, -0.2) is 5.91 Å². The standard InChI is InChI=1S/C17H18FNO/c1-11(2)14-6-4-5-7-16(14)19-17(20)13-9-8-12(3)15(18)10-13/h4-11H,1-3H3,(H,19,20). The highest BCUT2D eigenvalue weighted by atomic mass is 19.1. The topological polar surface area (TPSA) is 29.1 Å². The molecule has 0 spiro atoms. The highest BCUT2D eigenvalue weighted by molar-refractivity contribution is 6.04. The van der Waals surface area contributed by atoms with Crippen LogP contribution in [0.3, 0.4) is 0 Å². The highest BCUT2D eigenvalue weighted by Gasteiger charge is 2.12. The number of nitrogens with one attached hydrogen (secondary N) is 1. The summed E-state index contributed by atoms with van der Waals surface area (Å²) in [5.74, 6) is -0.354. The lowest BCUT2D eigenvalue weighted by Crippen LogP contribution is -2.14. The molecule has 2 aromatic rings. The van der Waals surface area contributed by atoms with Crippen molar-refractivity contribution < 1.29 is 9.18 Å². The average Bonchev–Trinajstić information content (AvgIpc) is 2.42. The van der Waals surface area contributed by atoms with Crippen LogP contribution in [0, 0.1) is 12.7 Å². The Labute approximate surface area is 118 Å². The van der Waals surface area contributed by atoms with Crippen LogP contribution in [0.4, 0.5) is 10.1 Å². The van der Waals surface area contributed by atoms with Gasteiger partial charge in [0.05, 0.1) is 0 Å². The molecular formula is C17H18FNO. The zero-order valence-corrected chi connectivity index (χ0v) is 11.9. The lowest BCUT2D eigenvalue weighted by molar-refractivity contribution is 0.102. The molecule has 0 atom stereocenters. The number of amides is 1. The van der Waals surface area contributed by atoms with Crippen molar-refractivity contribution in [2.24, 2.45) is 0 Å². The molecule has 0 bridgehead atoms. The Bertz CT molecular complexity index is 635. The first-order valence-electron chi connectivity index (χ1n) is 6.65. The van der Waals surface area contributed by atoms with Crippen molar-refractivity contribution in [1.29, 1.82) is 0 Å². The monoisotopic (exact) mass is 271 g/mol. The van der Waals surface area contributed by atoms with Crippen molar-refractivity contribution in [3.8, 4) is 0 Å². The van der Waals surface area contributed by atoms with Gasteiger partial charge in [0.1, 0.15) is 5.82 Å². The van der Waals surface area contributed by atoms with E-state index in [0.717, 1.165) is 11.3 Å². The predicted octanol–water partition coefficient (Wildman–Crippen LogP) is 4.51. The van der Waals surface area contributed by atoms with Crippen LogP contribution in [-0.2, 0) is 0 Å².